The van der Waals surface area contributed by atoms with Crippen molar-refractivity contribution < 1.29 is 23.1 Å². The lowest BCUT2D eigenvalue weighted by Gasteiger charge is -2.25. The summed E-state index contributed by atoms with van der Waals surface area (Å²) in [5.74, 6) is 0.342. The highest BCUT2D eigenvalue weighted by Gasteiger charge is 2.38. The summed E-state index contributed by atoms with van der Waals surface area (Å²) in [6.07, 6.45) is -2.29. The summed E-state index contributed by atoms with van der Waals surface area (Å²) in [7, 11) is 0. The Kier molecular flexibility index (Phi) is 3.89. The number of aliphatic hydroxyl groups is 1. The minimum absolute atomic E-state index is 0.0681. The van der Waals surface area contributed by atoms with E-state index in [0.29, 0.717) is 17.9 Å². The van der Waals surface area contributed by atoms with Crippen molar-refractivity contribution in [1.82, 2.24) is 4.90 Å². The number of aliphatic hydroxyl groups excluding tert-OH is 1. The molecule has 22 heavy (non-hydrogen) atoms. The van der Waals surface area contributed by atoms with Gasteiger partial charge < -0.3 is 10.0 Å². The molecule has 1 aliphatic heterocycles. The molecule has 1 aliphatic carbocycles. The second-order valence-electron chi connectivity index (χ2n) is 6.22. The van der Waals surface area contributed by atoms with Gasteiger partial charge in [-0.1, -0.05) is 12.1 Å². The molecular weight excluding hydrogens is 295 g/mol. The first-order chi connectivity index (χ1) is 10.3. The Morgan fingerprint density at radius 1 is 1.32 bits per heavy atom. The smallest absolute Gasteiger partial charge is 0.391 e. The summed E-state index contributed by atoms with van der Waals surface area (Å²) in [5.41, 5.74) is -0.281. The molecule has 3 rings (SSSR count). The van der Waals surface area contributed by atoms with Gasteiger partial charge in [0.05, 0.1) is 17.7 Å². The van der Waals surface area contributed by atoms with Crippen LogP contribution >= 0.6 is 0 Å². The van der Waals surface area contributed by atoms with Gasteiger partial charge in [-0.15, -0.1) is 0 Å². The number of β-amino-alcohol motifs (C(OH)–C–C–N with tert-alkyl or cyclic N) is 1. The number of benzene rings is 1. The van der Waals surface area contributed by atoms with Crippen LogP contribution in [0.3, 0.4) is 0 Å². The summed E-state index contributed by atoms with van der Waals surface area (Å²) in [6, 6.07) is 4.58. The van der Waals surface area contributed by atoms with Crippen molar-refractivity contribution >= 4 is 5.91 Å². The van der Waals surface area contributed by atoms with Crippen molar-refractivity contribution in [3.63, 3.8) is 0 Å². The maximum Gasteiger partial charge on any atom is 0.416 e. The van der Waals surface area contributed by atoms with E-state index in [2.05, 4.69) is 0 Å². The molecule has 1 amide bonds. The maximum absolute atomic E-state index is 12.8. The van der Waals surface area contributed by atoms with Crippen LogP contribution in [0, 0.1) is 5.92 Å². The standard InChI is InChI=1S/C16H18F3NO2/c17-16(18,19)12-3-1-2-11(7-12)14-8-13(21)9-20(14)15(22)6-10-4-5-10/h1-3,7,10,13-14,21H,4-6,8-9H2/t13-,14-/m0/s1. The molecule has 1 aromatic carbocycles. The minimum Gasteiger partial charge on any atom is -0.391 e. The fourth-order valence-corrected chi connectivity index (χ4v) is 3.01. The molecule has 0 bridgehead atoms. The van der Waals surface area contributed by atoms with Crippen LogP contribution < -0.4 is 0 Å². The van der Waals surface area contributed by atoms with Gasteiger partial charge in [-0.2, -0.15) is 13.2 Å². The predicted molar refractivity (Wildman–Crippen MR) is 73.9 cm³/mol. The molecular formula is C16H18F3NO2. The number of hydrogen-bond acceptors (Lipinski definition) is 2. The van der Waals surface area contributed by atoms with E-state index in [-0.39, 0.29) is 18.9 Å². The van der Waals surface area contributed by atoms with Crippen LogP contribution in [0.4, 0.5) is 13.2 Å². The van der Waals surface area contributed by atoms with Crippen LogP contribution in [0.1, 0.15) is 42.9 Å². The molecule has 120 valence electrons. The summed E-state index contributed by atoms with van der Waals surface area (Å²) in [4.78, 5) is 13.8. The van der Waals surface area contributed by atoms with Gasteiger partial charge >= 0.3 is 6.18 Å². The quantitative estimate of drug-likeness (QED) is 0.931. The van der Waals surface area contributed by atoms with E-state index in [1.807, 2.05) is 0 Å². The molecule has 1 N–H and O–H groups in total. The van der Waals surface area contributed by atoms with Gasteiger partial charge in [0, 0.05) is 13.0 Å². The van der Waals surface area contributed by atoms with Crippen molar-refractivity contribution in [1.29, 1.82) is 0 Å². The first-order valence-corrected chi connectivity index (χ1v) is 7.49. The van der Waals surface area contributed by atoms with E-state index < -0.39 is 23.9 Å². The van der Waals surface area contributed by atoms with Crippen LogP contribution in [0.25, 0.3) is 0 Å². The molecule has 0 unspecified atom stereocenters. The molecule has 2 aliphatic rings. The first kappa shape index (κ1) is 15.3. The third kappa shape index (κ3) is 3.27. The lowest BCUT2D eigenvalue weighted by atomic mass is 10.0. The van der Waals surface area contributed by atoms with Crippen molar-refractivity contribution in [2.75, 3.05) is 6.54 Å². The van der Waals surface area contributed by atoms with Crippen molar-refractivity contribution in [2.45, 2.75) is 44.0 Å². The van der Waals surface area contributed by atoms with Crippen molar-refractivity contribution in [3.8, 4) is 0 Å². The summed E-state index contributed by atoms with van der Waals surface area (Å²) in [6.45, 7) is 0.201. The van der Waals surface area contributed by atoms with Gasteiger partial charge in [-0.05, 0) is 42.9 Å². The van der Waals surface area contributed by atoms with E-state index in [1.165, 1.54) is 6.07 Å². The summed E-state index contributed by atoms with van der Waals surface area (Å²) >= 11 is 0. The van der Waals surface area contributed by atoms with E-state index in [9.17, 15) is 23.1 Å². The molecule has 2 atom stereocenters. The van der Waals surface area contributed by atoms with Gasteiger partial charge in [-0.25, -0.2) is 0 Å². The minimum atomic E-state index is -4.41. The van der Waals surface area contributed by atoms with E-state index in [0.717, 1.165) is 25.0 Å². The van der Waals surface area contributed by atoms with Crippen LogP contribution in [0.15, 0.2) is 24.3 Å². The zero-order chi connectivity index (χ0) is 15.9. The van der Waals surface area contributed by atoms with Crippen LogP contribution in [-0.2, 0) is 11.0 Å². The van der Waals surface area contributed by atoms with Crippen molar-refractivity contribution in [3.05, 3.63) is 35.4 Å². The third-order valence-corrected chi connectivity index (χ3v) is 4.36. The average molecular weight is 313 g/mol. The zero-order valence-electron chi connectivity index (χ0n) is 12.0. The van der Waals surface area contributed by atoms with Gasteiger partial charge in [-0.3, -0.25) is 4.79 Å². The number of likely N-dealkylation sites (tertiary alicyclic amines) is 1. The Hall–Kier alpha value is -1.56. The Bertz CT molecular complexity index is 569. The monoisotopic (exact) mass is 313 g/mol. The molecule has 2 fully saturated rings. The zero-order valence-corrected chi connectivity index (χ0v) is 12.0. The van der Waals surface area contributed by atoms with Gasteiger partial charge in [0.25, 0.3) is 0 Å². The van der Waals surface area contributed by atoms with Gasteiger partial charge in [0.1, 0.15) is 0 Å². The highest BCUT2D eigenvalue weighted by molar-refractivity contribution is 5.77. The van der Waals surface area contributed by atoms with Crippen molar-refractivity contribution in [2.24, 2.45) is 5.92 Å². The molecule has 3 nitrogen and oxygen atoms in total. The number of carbonyl (C=O) groups excluding carboxylic acids is 1. The van der Waals surface area contributed by atoms with Gasteiger partial charge in [0.15, 0.2) is 0 Å². The highest BCUT2D eigenvalue weighted by atomic mass is 19.4. The average Bonchev–Trinajstić information content (AvgIpc) is 3.17. The Labute approximate surface area is 126 Å². The van der Waals surface area contributed by atoms with E-state index in [1.54, 1.807) is 11.0 Å². The molecule has 1 aromatic rings. The summed E-state index contributed by atoms with van der Waals surface area (Å²) < 4.78 is 38.5. The van der Waals surface area contributed by atoms with Crippen LogP contribution in [0.2, 0.25) is 0 Å². The highest BCUT2D eigenvalue weighted by Crippen LogP contribution is 2.39. The SMILES string of the molecule is O=C(CC1CC1)N1C[C@@H](O)C[C@H]1c1cccc(C(F)(F)F)c1. The maximum atomic E-state index is 12.8. The first-order valence-electron chi connectivity index (χ1n) is 7.49. The predicted octanol–water partition coefficient (Wildman–Crippen LogP) is 3.14. The number of carbonyl (C=O) groups is 1. The number of alkyl halides is 3. The molecule has 0 spiro atoms. The number of rotatable bonds is 3. The number of hydrogen-bond donors (Lipinski definition) is 1. The third-order valence-electron chi connectivity index (χ3n) is 4.36. The Morgan fingerprint density at radius 2 is 2.05 bits per heavy atom. The lowest BCUT2D eigenvalue weighted by Crippen LogP contribution is -2.32. The normalized spacial score (nSPS) is 25.5. The second kappa shape index (κ2) is 5.57. The molecule has 0 radical (unpaired) electrons. The molecule has 0 aromatic heterocycles. The Morgan fingerprint density at radius 3 is 2.68 bits per heavy atom. The molecule has 6 heteroatoms. The number of nitrogens with zero attached hydrogens (tertiary/aromatic N) is 1. The fraction of sp³-hybridized carbons (Fsp3) is 0.562. The van der Waals surface area contributed by atoms with E-state index in [4.69, 9.17) is 0 Å². The van der Waals surface area contributed by atoms with E-state index >= 15 is 0 Å². The fourth-order valence-electron chi connectivity index (χ4n) is 3.01. The van der Waals surface area contributed by atoms with Crippen LogP contribution in [0.5, 0.6) is 0 Å². The van der Waals surface area contributed by atoms with Gasteiger partial charge in [0.2, 0.25) is 5.91 Å². The number of halogens is 3. The summed E-state index contributed by atoms with van der Waals surface area (Å²) in [5, 5.41) is 9.84. The van der Waals surface area contributed by atoms with Crippen LogP contribution in [-0.4, -0.2) is 28.6 Å². The lowest BCUT2D eigenvalue weighted by molar-refractivity contribution is -0.137. The molecule has 1 heterocycles. The topological polar surface area (TPSA) is 40.5 Å². The number of amides is 1. The molecule has 1 saturated carbocycles. The largest absolute Gasteiger partial charge is 0.416 e. The molecule has 1 saturated heterocycles. The second-order valence-corrected chi connectivity index (χ2v) is 6.22. The Balaban J connectivity index is 1.83.